The van der Waals surface area contributed by atoms with Gasteiger partial charge in [0.2, 0.25) is 0 Å². The summed E-state index contributed by atoms with van der Waals surface area (Å²) in [5.74, 6) is 0.438. The number of oxazole rings is 1. The highest BCUT2D eigenvalue weighted by Crippen LogP contribution is 2.30. The number of amides is 1. The Hall–Kier alpha value is -3.38. The van der Waals surface area contributed by atoms with Crippen LogP contribution in [0.2, 0.25) is 0 Å². The minimum Gasteiger partial charge on any atom is -0.444 e. The average Bonchev–Trinajstić information content (AvgIpc) is 3.26. The summed E-state index contributed by atoms with van der Waals surface area (Å²) >= 11 is 1.48. The molecule has 4 rings (SSSR count). The van der Waals surface area contributed by atoms with Gasteiger partial charge in [-0.25, -0.2) is 9.97 Å². The molecule has 0 aliphatic carbocycles. The van der Waals surface area contributed by atoms with Gasteiger partial charge in [-0.3, -0.25) is 4.79 Å². The van der Waals surface area contributed by atoms with Gasteiger partial charge in [0.25, 0.3) is 5.91 Å². The number of nitrogens with one attached hydrogen (secondary N) is 1. The normalized spacial score (nSPS) is 10.7. The summed E-state index contributed by atoms with van der Waals surface area (Å²) in [6.45, 7) is 4.16. The summed E-state index contributed by atoms with van der Waals surface area (Å²) in [6.07, 6.45) is 4.72. The topological polar surface area (TPSA) is 68.0 Å². The summed E-state index contributed by atoms with van der Waals surface area (Å²) in [5, 5.41) is 3.62. The molecule has 0 aliphatic heterocycles. The van der Waals surface area contributed by atoms with Crippen molar-refractivity contribution in [2.75, 3.05) is 5.32 Å². The van der Waals surface area contributed by atoms with E-state index in [0.29, 0.717) is 22.0 Å². The van der Waals surface area contributed by atoms with Crippen molar-refractivity contribution in [2.45, 2.75) is 23.8 Å². The Kier molecular flexibility index (Phi) is 5.44. The van der Waals surface area contributed by atoms with Gasteiger partial charge in [-0.05, 0) is 61.4 Å². The van der Waals surface area contributed by atoms with Crippen molar-refractivity contribution >= 4 is 23.4 Å². The Labute approximate surface area is 173 Å². The fourth-order valence-corrected chi connectivity index (χ4v) is 3.82. The van der Waals surface area contributed by atoms with Crippen LogP contribution in [0.25, 0.3) is 11.3 Å². The number of benzene rings is 2. The molecule has 5 nitrogen and oxygen atoms in total. The molecule has 1 N–H and O–H groups in total. The number of aryl methyl sites for hydroxylation is 2. The van der Waals surface area contributed by atoms with Crippen LogP contribution in [0.1, 0.15) is 21.5 Å². The Balaban J connectivity index is 1.57. The van der Waals surface area contributed by atoms with Gasteiger partial charge in [-0.1, -0.05) is 30.0 Å². The molecule has 2 aromatic carbocycles. The van der Waals surface area contributed by atoms with Gasteiger partial charge in [0, 0.05) is 22.3 Å². The molecular weight excluding hydrogens is 382 g/mol. The number of hydrogen-bond donors (Lipinski definition) is 1. The van der Waals surface area contributed by atoms with Gasteiger partial charge in [0.05, 0.1) is 11.8 Å². The van der Waals surface area contributed by atoms with Gasteiger partial charge in [0.15, 0.2) is 12.2 Å². The van der Waals surface area contributed by atoms with E-state index >= 15 is 0 Å². The Morgan fingerprint density at radius 2 is 1.93 bits per heavy atom. The third-order valence-corrected chi connectivity index (χ3v) is 5.55. The molecule has 0 saturated heterocycles. The number of nitrogens with zero attached hydrogens (tertiary/aromatic N) is 2. The van der Waals surface area contributed by atoms with Crippen molar-refractivity contribution in [3.8, 4) is 11.3 Å². The maximum Gasteiger partial charge on any atom is 0.258 e. The molecule has 0 bridgehead atoms. The first-order chi connectivity index (χ1) is 14.1. The van der Waals surface area contributed by atoms with Crippen LogP contribution >= 0.6 is 11.8 Å². The Morgan fingerprint density at radius 3 is 2.72 bits per heavy atom. The minimum absolute atomic E-state index is 0.209. The third kappa shape index (κ3) is 4.38. The number of carbonyl (C=O) groups is 1. The van der Waals surface area contributed by atoms with E-state index in [-0.39, 0.29) is 5.91 Å². The molecule has 1 amide bonds. The lowest BCUT2D eigenvalue weighted by molar-refractivity contribution is 0.102. The van der Waals surface area contributed by atoms with Crippen molar-refractivity contribution in [3.63, 3.8) is 0 Å². The zero-order valence-electron chi connectivity index (χ0n) is 16.0. The molecule has 0 atom stereocenters. The van der Waals surface area contributed by atoms with E-state index in [1.54, 1.807) is 24.5 Å². The molecule has 2 aromatic heterocycles. The molecular formula is C23H19N3O2S. The van der Waals surface area contributed by atoms with E-state index in [1.807, 2.05) is 30.3 Å². The monoisotopic (exact) mass is 401 g/mol. The standard InChI is InChI=1S/C23H19N3O2S/c1-15-8-9-19(11-16(15)2)29-23-20(7-4-10-25-23)22(27)26-18-6-3-5-17(12-18)21-13-24-14-28-21/h3-14H,1-2H3,(H,26,27). The molecule has 0 spiro atoms. The number of anilines is 1. The molecule has 0 fully saturated rings. The highest BCUT2D eigenvalue weighted by Gasteiger charge is 2.14. The van der Waals surface area contributed by atoms with Crippen molar-refractivity contribution < 1.29 is 9.21 Å². The highest BCUT2D eigenvalue weighted by atomic mass is 32.2. The van der Waals surface area contributed by atoms with E-state index in [2.05, 4.69) is 41.3 Å². The van der Waals surface area contributed by atoms with Crippen LogP contribution in [-0.2, 0) is 0 Å². The molecule has 0 radical (unpaired) electrons. The lowest BCUT2D eigenvalue weighted by Gasteiger charge is -2.10. The second-order valence-corrected chi connectivity index (χ2v) is 7.67. The first-order valence-electron chi connectivity index (χ1n) is 9.10. The summed E-state index contributed by atoms with van der Waals surface area (Å²) in [5.41, 5.74) is 4.49. The second kappa shape index (κ2) is 8.32. The number of carbonyl (C=O) groups excluding carboxylic acids is 1. The molecule has 2 heterocycles. The molecule has 4 aromatic rings. The molecule has 0 unspecified atom stereocenters. The molecule has 29 heavy (non-hydrogen) atoms. The largest absolute Gasteiger partial charge is 0.444 e. The second-order valence-electron chi connectivity index (χ2n) is 6.60. The minimum atomic E-state index is -0.209. The Bertz CT molecular complexity index is 1160. The summed E-state index contributed by atoms with van der Waals surface area (Å²) in [6, 6.07) is 17.2. The maximum atomic E-state index is 12.9. The van der Waals surface area contributed by atoms with Gasteiger partial charge < -0.3 is 9.73 Å². The zero-order chi connectivity index (χ0) is 20.2. The molecule has 6 heteroatoms. The van der Waals surface area contributed by atoms with Gasteiger partial charge >= 0.3 is 0 Å². The fraction of sp³-hybridized carbons (Fsp3) is 0.0870. The summed E-state index contributed by atoms with van der Waals surface area (Å²) in [7, 11) is 0. The quantitative estimate of drug-likeness (QED) is 0.461. The van der Waals surface area contributed by atoms with E-state index in [9.17, 15) is 4.79 Å². The predicted octanol–water partition coefficient (Wildman–Crippen LogP) is 5.76. The first-order valence-corrected chi connectivity index (χ1v) is 9.92. The zero-order valence-corrected chi connectivity index (χ0v) is 16.9. The van der Waals surface area contributed by atoms with Crippen LogP contribution in [0.3, 0.4) is 0 Å². The number of aromatic nitrogens is 2. The lowest BCUT2D eigenvalue weighted by Crippen LogP contribution is -2.13. The van der Waals surface area contributed by atoms with Crippen LogP contribution in [0.15, 0.2) is 87.7 Å². The third-order valence-electron chi connectivity index (χ3n) is 4.55. The molecule has 0 saturated carbocycles. The number of rotatable bonds is 5. The van der Waals surface area contributed by atoms with Crippen LogP contribution in [0.4, 0.5) is 5.69 Å². The Morgan fingerprint density at radius 1 is 1.03 bits per heavy atom. The highest BCUT2D eigenvalue weighted by molar-refractivity contribution is 7.99. The lowest BCUT2D eigenvalue weighted by atomic mass is 10.1. The van der Waals surface area contributed by atoms with E-state index in [1.165, 1.54) is 29.3 Å². The van der Waals surface area contributed by atoms with Crippen LogP contribution in [0, 0.1) is 13.8 Å². The van der Waals surface area contributed by atoms with E-state index in [0.717, 1.165) is 10.5 Å². The van der Waals surface area contributed by atoms with Crippen molar-refractivity contribution in [2.24, 2.45) is 0 Å². The van der Waals surface area contributed by atoms with Crippen LogP contribution in [0.5, 0.6) is 0 Å². The summed E-state index contributed by atoms with van der Waals surface area (Å²) < 4.78 is 5.33. The van der Waals surface area contributed by atoms with Crippen molar-refractivity contribution in [1.82, 2.24) is 9.97 Å². The number of pyridine rings is 1. The fourth-order valence-electron chi connectivity index (χ4n) is 2.84. The first kappa shape index (κ1) is 19.0. The van der Waals surface area contributed by atoms with Gasteiger partial charge in [-0.2, -0.15) is 0 Å². The molecule has 0 aliphatic rings. The van der Waals surface area contributed by atoms with Crippen LogP contribution < -0.4 is 5.32 Å². The SMILES string of the molecule is Cc1ccc(Sc2ncccc2C(=O)Nc2cccc(-c3cnco3)c2)cc1C. The average molecular weight is 401 g/mol. The number of hydrogen-bond acceptors (Lipinski definition) is 5. The summed E-state index contributed by atoms with van der Waals surface area (Å²) in [4.78, 5) is 22.4. The smallest absolute Gasteiger partial charge is 0.258 e. The van der Waals surface area contributed by atoms with E-state index < -0.39 is 0 Å². The van der Waals surface area contributed by atoms with Crippen molar-refractivity contribution in [3.05, 3.63) is 90.1 Å². The van der Waals surface area contributed by atoms with Crippen LogP contribution in [-0.4, -0.2) is 15.9 Å². The maximum absolute atomic E-state index is 12.9. The predicted molar refractivity (Wildman–Crippen MR) is 114 cm³/mol. The van der Waals surface area contributed by atoms with Gasteiger partial charge in [0.1, 0.15) is 5.03 Å². The van der Waals surface area contributed by atoms with E-state index in [4.69, 9.17) is 4.42 Å². The van der Waals surface area contributed by atoms with Crippen molar-refractivity contribution in [1.29, 1.82) is 0 Å². The van der Waals surface area contributed by atoms with Gasteiger partial charge in [-0.15, -0.1) is 0 Å². The molecule has 144 valence electrons.